The molecule has 2 aromatic rings. The molecule has 1 unspecified atom stereocenters. The first-order chi connectivity index (χ1) is 14.1. The maximum atomic E-state index is 12.5. The number of carbonyl (C=O) groups is 2. The molecule has 0 radical (unpaired) electrons. The Balaban J connectivity index is 1.48. The van der Waals surface area contributed by atoms with Gasteiger partial charge < -0.3 is 24.1 Å². The van der Waals surface area contributed by atoms with Crippen LogP contribution >= 0.6 is 0 Å². The number of amides is 2. The van der Waals surface area contributed by atoms with Crippen LogP contribution in [0.15, 0.2) is 41.0 Å². The summed E-state index contributed by atoms with van der Waals surface area (Å²) in [5, 5.41) is 2.95. The van der Waals surface area contributed by atoms with Crippen molar-refractivity contribution in [2.24, 2.45) is 5.92 Å². The quantitative estimate of drug-likeness (QED) is 0.663. The van der Waals surface area contributed by atoms with E-state index in [0.717, 1.165) is 17.1 Å². The van der Waals surface area contributed by atoms with E-state index in [1.807, 2.05) is 38.1 Å². The number of rotatable bonds is 10. The van der Waals surface area contributed by atoms with Crippen LogP contribution in [0.4, 0.5) is 0 Å². The number of furan rings is 1. The fraction of sp³-hybridized carbons (Fsp3) is 0.455. The molecule has 29 heavy (non-hydrogen) atoms. The summed E-state index contributed by atoms with van der Waals surface area (Å²) in [5.41, 5.74) is 1.05. The van der Waals surface area contributed by atoms with E-state index in [1.165, 1.54) is 0 Å². The number of hydrogen-bond acceptors (Lipinski definition) is 5. The van der Waals surface area contributed by atoms with E-state index in [4.69, 9.17) is 13.9 Å². The van der Waals surface area contributed by atoms with E-state index < -0.39 is 0 Å². The predicted octanol–water partition coefficient (Wildman–Crippen LogP) is 2.78. The van der Waals surface area contributed by atoms with Crippen LogP contribution in [0.3, 0.4) is 0 Å². The van der Waals surface area contributed by atoms with E-state index in [2.05, 4.69) is 5.32 Å². The van der Waals surface area contributed by atoms with Crippen LogP contribution < -0.4 is 14.8 Å². The molecule has 1 atom stereocenters. The lowest BCUT2D eigenvalue weighted by Crippen LogP contribution is -2.34. The zero-order chi connectivity index (χ0) is 20.6. The third kappa shape index (κ3) is 5.53. The second-order valence-electron chi connectivity index (χ2n) is 6.94. The first kappa shape index (κ1) is 20.8. The molecule has 0 saturated carbocycles. The number of nitrogens with one attached hydrogen (secondary N) is 1. The summed E-state index contributed by atoms with van der Waals surface area (Å²) in [6.45, 7) is 6.33. The molecular weight excluding hydrogens is 372 g/mol. The molecule has 1 aliphatic rings. The number of benzene rings is 1. The monoisotopic (exact) mass is 400 g/mol. The molecule has 2 heterocycles. The summed E-state index contributed by atoms with van der Waals surface area (Å²) in [7, 11) is 0. The Labute approximate surface area is 171 Å². The van der Waals surface area contributed by atoms with E-state index in [1.54, 1.807) is 17.2 Å². The molecule has 0 spiro atoms. The molecule has 1 aliphatic heterocycles. The summed E-state index contributed by atoms with van der Waals surface area (Å²) in [4.78, 5) is 26.3. The van der Waals surface area contributed by atoms with Gasteiger partial charge in [-0.2, -0.15) is 0 Å². The van der Waals surface area contributed by atoms with Gasteiger partial charge in [0.15, 0.2) is 11.5 Å². The minimum Gasteiger partial charge on any atom is -0.490 e. The van der Waals surface area contributed by atoms with Crippen molar-refractivity contribution < 1.29 is 23.5 Å². The van der Waals surface area contributed by atoms with Crippen LogP contribution in [0.5, 0.6) is 11.5 Å². The fourth-order valence-electron chi connectivity index (χ4n) is 3.42. The highest BCUT2D eigenvalue weighted by molar-refractivity contribution is 5.89. The second kappa shape index (κ2) is 10.0. The molecule has 3 rings (SSSR count). The van der Waals surface area contributed by atoms with Gasteiger partial charge in [-0.05, 0) is 50.1 Å². The van der Waals surface area contributed by atoms with Crippen molar-refractivity contribution in [2.45, 2.75) is 33.2 Å². The van der Waals surface area contributed by atoms with Gasteiger partial charge in [0.25, 0.3) is 0 Å². The molecule has 7 heteroatoms. The molecule has 0 aliphatic carbocycles. The fourth-order valence-corrected chi connectivity index (χ4v) is 3.42. The SMILES string of the molecule is CCOc1ccc(CCNC(=O)C2CC(=O)N(Cc3ccco3)C2)cc1OCC. The van der Waals surface area contributed by atoms with Crippen molar-refractivity contribution in [3.05, 3.63) is 47.9 Å². The topological polar surface area (TPSA) is 81.0 Å². The summed E-state index contributed by atoms with van der Waals surface area (Å²) in [6.07, 6.45) is 2.50. The number of nitrogens with zero attached hydrogens (tertiary/aromatic N) is 1. The maximum absolute atomic E-state index is 12.5. The zero-order valence-corrected chi connectivity index (χ0v) is 17.0. The Morgan fingerprint density at radius 1 is 1.21 bits per heavy atom. The number of hydrogen-bond donors (Lipinski definition) is 1. The molecule has 1 fully saturated rings. The third-order valence-electron chi connectivity index (χ3n) is 4.83. The van der Waals surface area contributed by atoms with Crippen LogP contribution in [-0.2, 0) is 22.6 Å². The summed E-state index contributed by atoms with van der Waals surface area (Å²) in [6, 6.07) is 9.44. The smallest absolute Gasteiger partial charge is 0.225 e. The summed E-state index contributed by atoms with van der Waals surface area (Å²) < 4.78 is 16.5. The molecule has 2 amide bonds. The molecular formula is C22H28N2O5. The van der Waals surface area contributed by atoms with E-state index in [-0.39, 0.29) is 24.2 Å². The van der Waals surface area contributed by atoms with Gasteiger partial charge in [-0.15, -0.1) is 0 Å². The Kier molecular flexibility index (Phi) is 7.16. The molecule has 1 aromatic heterocycles. The van der Waals surface area contributed by atoms with Crippen LogP contribution in [0, 0.1) is 5.92 Å². The number of likely N-dealkylation sites (tertiary alicyclic amines) is 1. The molecule has 0 bridgehead atoms. The minimum atomic E-state index is -0.322. The van der Waals surface area contributed by atoms with Gasteiger partial charge in [-0.25, -0.2) is 0 Å². The van der Waals surface area contributed by atoms with Crippen LogP contribution in [0.1, 0.15) is 31.6 Å². The average Bonchev–Trinajstić information content (AvgIpc) is 3.34. The van der Waals surface area contributed by atoms with Gasteiger partial charge in [0.1, 0.15) is 5.76 Å². The van der Waals surface area contributed by atoms with Gasteiger partial charge in [0.2, 0.25) is 11.8 Å². The van der Waals surface area contributed by atoms with Crippen molar-refractivity contribution >= 4 is 11.8 Å². The second-order valence-corrected chi connectivity index (χ2v) is 6.94. The van der Waals surface area contributed by atoms with Gasteiger partial charge >= 0.3 is 0 Å². The molecule has 7 nitrogen and oxygen atoms in total. The number of carbonyl (C=O) groups excluding carboxylic acids is 2. The number of ether oxygens (including phenoxy) is 2. The Morgan fingerprint density at radius 2 is 2.00 bits per heavy atom. The highest BCUT2D eigenvalue weighted by Crippen LogP contribution is 2.28. The molecule has 1 aromatic carbocycles. The molecule has 156 valence electrons. The van der Waals surface area contributed by atoms with Crippen molar-refractivity contribution in [3.8, 4) is 11.5 Å². The minimum absolute atomic E-state index is 0.0191. The lowest BCUT2D eigenvalue weighted by atomic mass is 10.1. The van der Waals surface area contributed by atoms with Crippen LogP contribution in [-0.4, -0.2) is 43.0 Å². The van der Waals surface area contributed by atoms with Gasteiger partial charge in [-0.1, -0.05) is 6.07 Å². The van der Waals surface area contributed by atoms with Crippen LogP contribution in [0.25, 0.3) is 0 Å². The van der Waals surface area contributed by atoms with Crippen molar-refractivity contribution in [1.29, 1.82) is 0 Å². The van der Waals surface area contributed by atoms with Gasteiger partial charge in [0.05, 0.1) is 31.9 Å². The van der Waals surface area contributed by atoms with Crippen LogP contribution in [0.2, 0.25) is 0 Å². The summed E-state index contributed by atoms with van der Waals surface area (Å²) in [5.74, 6) is 1.74. The van der Waals surface area contributed by atoms with Gasteiger partial charge in [-0.3, -0.25) is 9.59 Å². The van der Waals surface area contributed by atoms with Crippen molar-refractivity contribution in [1.82, 2.24) is 10.2 Å². The summed E-state index contributed by atoms with van der Waals surface area (Å²) >= 11 is 0. The zero-order valence-electron chi connectivity index (χ0n) is 17.0. The lowest BCUT2D eigenvalue weighted by Gasteiger charge is -2.15. The first-order valence-corrected chi connectivity index (χ1v) is 10.1. The first-order valence-electron chi connectivity index (χ1n) is 10.1. The largest absolute Gasteiger partial charge is 0.490 e. The maximum Gasteiger partial charge on any atom is 0.225 e. The highest BCUT2D eigenvalue weighted by atomic mass is 16.5. The van der Waals surface area contributed by atoms with Crippen molar-refractivity contribution in [3.63, 3.8) is 0 Å². The Hall–Kier alpha value is -2.96. The molecule has 1 saturated heterocycles. The normalized spacial score (nSPS) is 16.1. The lowest BCUT2D eigenvalue weighted by molar-refractivity contribution is -0.129. The van der Waals surface area contributed by atoms with E-state index >= 15 is 0 Å². The standard InChI is InChI=1S/C22H28N2O5/c1-3-27-19-8-7-16(12-20(19)28-4-2)9-10-23-22(26)17-13-21(25)24(14-17)15-18-6-5-11-29-18/h5-8,11-12,17H,3-4,9-10,13-15H2,1-2H3,(H,23,26). The Morgan fingerprint density at radius 3 is 2.72 bits per heavy atom. The van der Waals surface area contributed by atoms with E-state index in [0.29, 0.717) is 45.0 Å². The van der Waals surface area contributed by atoms with Gasteiger partial charge in [0, 0.05) is 19.5 Å². The van der Waals surface area contributed by atoms with E-state index in [9.17, 15) is 9.59 Å². The predicted molar refractivity (Wildman–Crippen MR) is 108 cm³/mol. The highest BCUT2D eigenvalue weighted by Gasteiger charge is 2.34. The Bertz CT molecular complexity index is 819. The van der Waals surface area contributed by atoms with Crippen molar-refractivity contribution in [2.75, 3.05) is 26.3 Å². The third-order valence-corrected chi connectivity index (χ3v) is 4.83. The molecule has 1 N–H and O–H groups in total. The average molecular weight is 400 g/mol.